The molecule has 0 saturated carbocycles. The highest BCUT2D eigenvalue weighted by Crippen LogP contribution is 2.33. The van der Waals surface area contributed by atoms with Crippen molar-refractivity contribution in [3.8, 4) is 0 Å². The van der Waals surface area contributed by atoms with Crippen LogP contribution in [0.3, 0.4) is 0 Å². The van der Waals surface area contributed by atoms with Crippen molar-refractivity contribution in [2.24, 2.45) is 0 Å². The smallest absolute Gasteiger partial charge is 0.230 e. The Labute approximate surface area is 127 Å². The maximum absolute atomic E-state index is 13.2. The van der Waals surface area contributed by atoms with Crippen LogP contribution in [0.1, 0.15) is 50.5 Å². The molecule has 3 atom stereocenters. The minimum absolute atomic E-state index is 0.0393. The van der Waals surface area contributed by atoms with Crippen molar-refractivity contribution in [2.45, 2.75) is 57.0 Å². The van der Waals surface area contributed by atoms with Crippen molar-refractivity contribution in [2.75, 3.05) is 13.1 Å². The average Bonchev–Trinajstić information content (AvgIpc) is 2.78. The van der Waals surface area contributed by atoms with Gasteiger partial charge in [-0.15, -0.1) is 0 Å². The van der Waals surface area contributed by atoms with Crippen LogP contribution in [0.4, 0.5) is 0 Å². The number of hydrogen-bond donors (Lipinski definition) is 1. The largest absolute Gasteiger partial charge is 0.335 e. The highest BCUT2D eigenvalue weighted by atomic mass is 16.2. The number of amides is 1. The van der Waals surface area contributed by atoms with Gasteiger partial charge in [0.05, 0.1) is 5.92 Å². The summed E-state index contributed by atoms with van der Waals surface area (Å²) < 4.78 is 0. The number of rotatable bonds is 4. The molecule has 0 aromatic heterocycles. The molecule has 2 saturated heterocycles. The van der Waals surface area contributed by atoms with Gasteiger partial charge in [-0.2, -0.15) is 0 Å². The Morgan fingerprint density at radius 2 is 2.00 bits per heavy atom. The first-order valence-corrected chi connectivity index (χ1v) is 8.39. The summed E-state index contributed by atoms with van der Waals surface area (Å²) in [5.41, 5.74) is 1.18. The number of fused-ring (bicyclic) bond motifs is 2. The van der Waals surface area contributed by atoms with Crippen molar-refractivity contribution in [3.05, 3.63) is 35.9 Å². The molecular formula is C18H26N2O. The van der Waals surface area contributed by atoms with E-state index in [1.165, 1.54) is 12.0 Å². The van der Waals surface area contributed by atoms with Gasteiger partial charge in [0, 0.05) is 18.6 Å². The molecule has 2 heterocycles. The van der Waals surface area contributed by atoms with Gasteiger partial charge in [-0.1, -0.05) is 43.7 Å². The zero-order valence-electron chi connectivity index (χ0n) is 12.9. The predicted octanol–water partition coefficient (Wildman–Crippen LogP) is 2.92. The summed E-state index contributed by atoms with van der Waals surface area (Å²) in [4.78, 5) is 15.4. The Hall–Kier alpha value is -1.35. The molecule has 1 N–H and O–H groups in total. The summed E-state index contributed by atoms with van der Waals surface area (Å²) in [7, 11) is 0. The third-order valence-electron chi connectivity index (χ3n) is 4.99. The van der Waals surface area contributed by atoms with Crippen LogP contribution in [0.25, 0.3) is 0 Å². The summed E-state index contributed by atoms with van der Waals surface area (Å²) in [6.07, 6.45) is 5.46. The Bertz CT molecular complexity index is 459. The number of carbonyl (C=O) groups excluding carboxylic acids is 1. The van der Waals surface area contributed by atoms with E-state index in [9.17, 15) is 4.79 Å². The van der Waals surface area contributed by atoms with Crippen molar-refractivity contribution in [1.82, 2.24) is 10.2 Å². The second-order valence-electron chi connectivity index (χ2n) is 6.38. The molecule has 1 amide bonds. The average molecular weight is 286 g/mol. The van der Waals surface area contributed by atoms with Crippen LogP contribution < -0.4 is 5.32 Å². The van der Waals surface area contributed by atoms with Crippen LogP contribution in [-0.4, -0.2) is 36.0 Å². The number of hydrogen-bond acceptors (Lipinski definition) is 2. The van der Waals surface area contributed by atoms with Gasteiger partial charge >= 0.3 is 0 Å². The SMILES string of the molecule is CCCC(C(=O)N1C2CCNCC1CC2)c1ccccc1. The van der Waals surface area contributed by atoms with Crippen molar-refractivity contribution in [1.29, 1.82) is 0 Å². The van der Waals surface area contributed by atoms with E-state index < -0.39 is 0 Å². The first kappa shape index (κ1) is 14.6. The van der Waals surface area contributed by atoms with E-state index in [4.69, 9.17) is 0 Å². The maximum atomic E-state index is 13.2. The van der Waals surface area contributed by atoms with Gasteiger partial charge in [0.25, 0.3) is 0 Å². The van der Waals surface area contributed by atoms with Gasteiger partial charge in [0.15, 0.2) is 0 Å². The van der Waals surface area contributed by atoms with Gasteiger partial charge in [-0.3, -0.25) is 4.79 Å². The normalized spacial score (nSPS) is 26.4. The van der Waals surface area contributed by atoms with Crippen LogP contribution in [0.15, 0.2) is 30.3 Å². The van der Waals surface area contributed by atoms with Crippen LogP contribution in [0, 0.1) is 0 Å². The molecule has 2 bridgehead atoms. The lowest BCUT2D eigenvalue weighted by atomic mass is 9.92. The van der Waals surface area contributed by atoms with Gasteiger partial charge < -0.3 is 10.2 Å². The predicted molar refractivity (Wildman–Crippen MR) is 85.2 cm³/mol. The number of nitrogens with zero attached hydrogens (tertiary/aromatic N) is 1. The summed E-state index contributed by atoms with van der Waals surface area (Å²) in [6.45, 7) is 4.19. The summed E-state index contributed by atoms with van der Waals surface area (Å²) in [5, 5.41) is 3.48. The summed E-state index contributed by atoms with van der Waals surface area (Å²) >= 11 is 0. The molecule has 114 valence electrons. The molecule has 21 heavy (non-hydrogen) atoms. The zero-order chi connectivity index (χ0) is 14.7. The molecule has 2 aliphatic rings. The molecule has 1 aromatic rings. The van der Waals surface area contributed by atoms with Crippen LogP contribution in [-0.2, 0) is 4.79 Å². The van der Waals surface area contributed by atoms with Crippen LogP contribution in [0.5, 0.6) is 0 Å². The lowest BCUT2D eigenvalue weighted by Gasteiger charge is -2.32. The van der Waals surface area contributed by atoms with Crippen molar-refractivity contribution in [3.63, 3.8) is 0 Å². The Morgan fingerprint density at radius 3 is 2.76 bits per heavy atom. The van der Waals surface area contributed by atoms with E-state index >= 15 is 0 Å². The Morgan fingerprint density at radius 1 is 1.24 bits per heavy atom. The number of nitrogens with one attached hydrogen (secondary N) is 1. The van der Waals surface area contributed by atoms with Crippen LogP contribution >= 0.6 is 0 Å². The van der Waals surface area contributed by atoms with E-state index in [2.05, 4.69) is 29.3 Å². The third kappa shape index (κ3) is 2.98. The van der Waals surface area contributed by atoms with Crippen molar-refractivity contribution < 1.29 is 4.79 Å². The molecule has 3 rings (SSSR count). The Balaban J connectivity index is 1.84. The molecule has 0 radical (unpaired) electrons. The lowest BCUT2D eigenvalue weighted by Crippen LogP contribution is -2.44. The molecule has 3 nitrogen and oxygen atoms in total. The standard InChI is InChI=1S/C18H26N2O/c1-2-6-17(14-7-4-3-5-8-14)18(21)20-15-9-10-16(20)13-19-12-11-15/h3-5,7-8,15-17,19H,2,6,9-13H2,1H3. The molecule has 1 aromatic carbocycles. The molecule has 0 aliphatic carbocycles. The second-order valence-corrected chi connectivity index (χ2v) is 6.38. The molecule has 2 fully saturated rings. The van der Waals surface area contributed by atoms with E-state index in [0.717, 1.165) is 38.8 Å². The fraction of sp³-hybridized carbons (Fsp3) is 0.611. The lowest BCUT2D eigenvalue weighted by molar-refractivity contribution is -0.135. The number of benzene rings is 1. The minimum atomic E-state index is 0.0393. The summed E-state index contributed by atoms with van der Waals surface area (Å²) in [6, 6.07) is 11.2. The zero-order valence-corrected chi connectivity index (χ0v) is 12.9. The Kier molecular flexibility index (Phi) is 4.59. The fourth-order valence-corrected chi connectivity index (χ4v) is 3.93. The van der Waals surface area contributed by atoms with Gasteiger partial charge in [0.1, 0.15) is 0 Å². The fourth-order valence-electron chi connectivity index (χ4n) is 3.93. The van der Waals surface area contributed by atoms with E-state index in [1.54, 1.807) is 0 Å². The summed E-state index contributed by atoms with van der Waals surface area (Å²) in [5.74, 6) is 0.400. The van der Waals surface area contributed by atoms with E-state index in [-0.39, 0.29) is 5.92 Å². The first-order valence-electron chi connectivity index (χ1n) is 8.39. The number of carbonyl (C=O) groups is 1. The quantitative estimate of drug-likeness (QED) is 0.923. The second kappa shape index (κ2) is 6.61. The van der Waals surface area contributed by atoms with Gasteiger partial charge in [0.2, 0.25) is 5.91 Å². The van der Waals surface area contributed by atoms with Crippen molar-refractivity contribution >= 4 is 5.91 Å². The molecular weight excluding hydrogens is 260 g/mol. The van der Waals surface area contributed by atoms with Gasteiger partial charge in [-0.05, 0) is 37.8 Å². The maximum Gasteiger partial charge on any atom is 0.230 e. The molecule has 0 spiro atoms. The van der Waals surface area contributed by atoms with E-state index in [0.29, 0.717) is 18.0 Å². The highest BCUT2D eigenvalue weighted by molar-refractivity contribution is 5.84. The van der Waals surface area contributed by atoms with E-state index in [1.807, 2.05) is 18.2 Å². The first-order chi connectivity index (χ1) is 10.3. The third-order valence-corrected chi connectivity index (χ3v) is 4.99. The monoisotopic (exact) mass is 286 g/mol. The topological polar surface area (TPSA) is 32.3 Å². The van der Waals surface area contributed by atoms with Gasteiger partial charge in [-0.25, -0.2) is 0 Å². The molecule has 3 unspecified atom stereocenters. The highest BCUT2D eigenvalue weighted by Gasteiger charge is 2.40. The molecule has 2 aliphatic heterocycles. The molecule has 3 heteroatoms. The van der Waals surface area contributed by atoms with Crippen LogP contribution in [0.2, 0.25) is 0 Å². The minimum Gasteiger partial charge on any atom is -0.335 e.